The molecule has 0 unspecified atom stereocenters. The number of nitrogens with one attached hydrogen (secondary N) is 1. The number of halogens is 1. The topological polar surface area (TPSA) is 86.8 Å². The van der Waals surface area contributed by atoms with E-state index in [1.54, 1.807) is 43.3 Å². The van der Waals surface area contributed by atoms with Gasteiger partial charge in [0.25, 0.3) is 10.0 Å². The molecule has 2 atom stereocenters. The summed E-state index contributed by atoms with van der Waals surface area (Å²) in [5.41, 5.74) is 1.55. The highest BCUT2D eigenvalue weighted by molar-refractivity contribution is 7.92. The van der Waals surface area contributed by atoms with E-state index >= 15 is 0 Å². The standard InChI is InChI=1S/C30H36FN3O4S/c1-5-22(3)32-30(36)23(4)33(20-25-12-10-11-15-28(25)31)29(35)21-34(26-18-16-24(6-2)17-19-26)39(37,38)27-13-8-7-9-14-27/h7-19,22-23H,5-6,20-21H2,1-4H3,(H,32,36)/t22-,23+/m1/s1. The Morgan fingerprint density at radius 1 is 0.897 bits per heavy atom. The summed E-state index contributed by atoms with van der Waals surface area (Å²) in [6.45, 7) is 6.55. The summed E-state index contributed by atoms with van der Waals surface area (Å²) in [4.78, 5) is 28.2. The summed E-state index contributed by atoms with van der Waals surface area (Å²) < 4.78 is 43.2. The maximum atomic E-state index is 14.6. The first-order chi connectivity index (χ1) is 18.6. The van der Waals surface area contributed by atoms with Crippen LogP contribution in [0.2, 0.25) is 0 Å². The van der Waals surface area contributed by atoms with Crippen LogP contribution in [0, 0.1) is 5.82 Å². The Hall–Kier alpha value is -3.72. The number of carbonyl (C=O) groups is 2. The summed E-state index contributed by atoms with van der Waals surface area (Å²) in [6.07, 6.45) is 1.46. The monoisotopic (exact) mass is 553 g/mol. The van der Waals surface area contributed by atoms with Gasteiger partial charge in [0.1, 0.15) is 18.4 Å². The average Bonchev–Trinajstić information content (AvgIpc) is 2.95. The predicted molar refractivity (Wildman–Crippen MR) is 151 cm³/mol. The van der Waals surface area contributed by atoms with Crippen LogP contribution in [0.25, 0.3) is 0 Å². The highest BCUT2D eigenvalue weighted by Gasteiger charge is 2.33. The second-order valence-electron chi connectivity index (χ2n) is 9.45. The van der Waals surface area contributed by atoms with Gasteiger partial charge in [-0.25, -0.2) is 12.8 Å². The van der Waals surface area contributed by atoms with Crippen molar-refractivity contribution < 1.29 is 22.4 Å². The Balaban J connectivity index is 2.02. The highest BCUT2D eigenvalue weighted by Crippen LogP contribution is 2.25. The zero-order chi connectivity index (χ0) is 28.6. The summed E-state index contributed by atoms with van der Waals surface area (Å²) >= 11 is 0. The van der Waals surface area contributed by atoms with E-state index in [1.807, 2.05) is 32.9 Å². The Labute approximate surface area is 230 Å². The van der Waals surface area contributed by atoms with E-state index in [0.29, 0.717) is 12.1 Å². The first-order valence-corrected chi connectivity index (χ1v) is 14.5. The van der Waals surface area contributed by atoms with E-state index in [9.17, 15) is 22.4 Å². The molecule has 0 aromatic heterocycles. The lowest BCUT2D eigenvalue weighted by Gasteiger charge is -2.32. The first-order valence-electron chi connectivity index (χ1n) is 13.1. The van der Waals surface area contributed by atoms with Crippen molar-refractivity contribution in [1.29, 1.82) is 0 Å². The zero-order valence-corrected chi connectivity index (χ0v) is 23.6. The third kappa shape index (κ3) is 7.44. The number of nitrogens with zero attached hydrogens (tertiary/aromatic N) is 2. The maximum absolute atomic E-state index is 14.6. The maximum Gasteiger partial charge on any atom is 0.264 e. The molecule has 0 aliphatic rings. The van der Waals surface area contributed by atoms with Gasteiger partial charge in [0.2, 0.25) is 11.8 Å². The van der Waals surface area contributed by atoms with Gasteiger partial charge in [0.15, 0.2) is 0 Å². The number of hydrogen-bond acceptors (Lipinski definition) is 4. The molecule has 2 amide bonds. The fourth-order valence-corrected chi connectivity index (χ4v) is 5.44. The third-order valence-electron chi connectivity index (χ3n) is 6.71. The number of benzene rings is 3. The largest absolute Gasteiger partial charge is 0.352 e. The average molecular weight is 554 g/mol. The van der Waals surface area contributed by atoms with E-state index < -0.39 is 40.2 Å². The molecule has 0 aliphatic heterocycles. The molecule has 0 saturated heterocycles. The fourth-order valence-electron chi connectivity index (χ4n) is 4.00. The van der Waals surface area contributed by atoms with Gasteiger partial charge in [-0.1, -0.05) is 62.4 Å². The lowest BCUT2D eigenvalue weighted by molar-refractivity contribution is -0.139. The minimum absolute atomic E-state index is 0.0283. The minimum Gasteiger partial charge on any atom is -0.352 e. The van der Waals surface area contributed by atoms with Gasteiger partial charge in [0, 0.05) is 18.2 Å². The Bertz CT molecular complexity index is 1360. The smallest absolute Gasteiger partial charge is 0.264 e. The Kier molecular flexibility index (Phi) is 10.2. The van der Waals surface area contributed by atoms with Crippen LogP contribution in [0.4, 0.5) is 10.1 Å². The number of hydrogen-bond donors (Lipinski definition) is 1. The van der Waals surface area contributed by atoms with Gasteiger partial charge in [-0.3, -0.25) is 13.9 Å². The second-order valence-corrected chi connectivity index (χ2v) is 11.3. The van der Waals surface area contributed by atoms with Gasteiger partial charge in [0.05, 0.1) is 10.6 Å². The molecule has 7 nitrogen and oxygen atoms in total. The first kappa shape index (κ1) is 29.8. The number of carbonyl (C=O) groups excluding carboxylic acids is 2. The molecule has 3 aromatic carbocycles. The van der Waals surface area contributed by atoms with Gasteiger partial charge < -0.3 is 10.2 Å². The molecule has 0 heterocycles. The van der Waals surface area contributed by atoms with Crippen molar-refractivity contribution in [3.63, 3.8) is 0 Å². The highest BCUT2D eigenvalue weighted by atomic mass is 32.2. The van der Waals surface area contributed by atoms with Gasteiger partial charge in [-0.2, -0.15) is 0 Å². The minimum atomic E-state index is -4.14. The van der Waals surface area contributed by atoms with Crippen molar-refractivity contribution in [2.45, 2.75) is 64.1 Å². The van der Waals surface area contributed by atoms with E-state index in [4.69, 9.17) is 0 Å². The molecule has 0 aliphatic carbocycles. The van der Waals surface area contributed by atoms with Gasteiger partial charge in [-0.15, -0.1) is 0 Å². The van der Waals surface area contributed by atoms with E-state index in [0.717, 1.165) is 16.3 Å². The molecule has 9 heteroatoms. The van der Waals surface area contributed by atoms with Crippen molar-refractivity contribution in [3.8, 4) is 0 Å². The Morgan fingerprint density at radius 3 is 2.10 bits per heavy atom. The van der Waals surface area contributed by atoms with Gasteiger partial charge >= 0.3 is 0 Å². The van der Waals surface area contributed by atoms with Crippen LogP contribution in [-0.2, 0) is 32.6 Å². The molecule has 39 heavy (non-hydrogen) atoms. The number of anilines is 1. The van der Waals surface area contributed by atoms with E-state index in [1.165, 1.54) is 35.2 Å². The molecular formula is C30H36FN3O4S. The van der Waals surface area contributed by atoms with Crippen molar-refractivity contribution >= 4 is 27.5 Å². The summed E-state index contributed by atoms with van der Waals surface area (Å²) in [7, 11) is -4.14. The van der Waals surface area contributed by atoms with Crippen molar-refractivity contribution in [2.75, 3.05) is 10.8 Å². The second kappa shape index (κ2) is 13.4. The third-order valence-corrected chi connectivity index (χ3v) is 8.50. The number of amides is 2. The zero-order valence-electron chi connectivity index (χ0n) is 22.8. The van der Waals surface area contributed by atoms with Crippen molar-refractivity contribution in [1.82, 2.24) is 10.2 Å². The number of rotatable bonds is 12. The predicted octanol–water partition coefficient (Wildman–Crippen LogP) is 4.92. The van der Waals surface area contributed by atoms with Crippen molar-refractivity contribution in [3.05, 3.63) is 95.8 Å². The molecule has 3 aromatic rings. The lowest BCUT2D eigenvalue weighted by Crippen LogP contribution is -2.52. The number of aryl methyl sites for hydroxylation is 1. The van der Waals surface area contributed by atoms with Crippen LogP contribution in [0.15, 0.2) is 83.8 Å². The molecule has 208 valence electrons. The van der Waals surface area contributed by atoms with Crippen LogP contribution >= 0.6 is 0 Å². The molecule has 0 fully saturated rings. The molecule has 3 rings (SSSR count). The number of sulfonamides is 1. The summed E-state index contributed by atoms with van der Waals surface area (Å²) in [5, 5.41) is 2.86. The van der Waals surface area contributed by atoms with E-state index in [-0.39, 0.29) is 23.0 Å². The summed E-state index contributed by atoms with van der Waals surface area (Å²) in [6, 6.07) is 19.7. The van der Waals surface area contributed by atoms with Crippen molar-refractivity contribution in [2.24, 2.45) is 0 Å². The quantitative estimate of drug-likeness (QED) is 0.345. The molecule has 0 radical (unpaired) electrons. The van der Waals surface area contributed by atoms with Gasteiger partial charge in [-0.05, 0) is 62.6 Å². The van der Waals surface area contributed by atoms with Crippen LogP contribution < -0.4 is 9.62 Å². The summed E-state index contributed by atoms with van der Waals surface area (Å²) in [5.74, 6) is -1.56. The molecule has 1 N–H and O–H groups in total. The molecule has 0 spiro atoms. The normalized spacial score (nSPS) is 12.8. The molecule has 0 bridgehead atoms. The molecular weight excluding hydrogens is 517 g/mol. The van der Waals surface area contributed by atoms with Crippen LogP contribution in [0.3, 0.4) is 0 Å². The lowest BCUT2D eigenvalue weighted by atomic mass is 10.1. The van der Waals surface area contributed by atoms with Crippen LogP contribution in [-0.4, -0.2) is 43.8 Å². The fraction of sp³-hybridized carbons (Fsp3) is 0.333. The van der Waals surface area contributed by atoms with Crippen LogP contribution in [0.1, 0.15) is 45.2 Å². The van der Waals surface area contributed by atoms with Crippen LogP contribution in [0.5, 0.6) is 0 Å². The SMILES string of the molecule is CCc1ccc(N(CC(=O)N(Cc2ccccc2F)[C@@H](C)C(=O)N[C@H](C)CC)S(=O)(=O)c2ccccc2)cc1. The van der Waals surface area contributed by atoms with E-state index in [2.05, 4.69) is 5.32 Å². The molecule has 0 saturated carbocycles. The Morgan fingerprint density at radius 2 is 1.51 bits per heavy atom.